The molecule has 5 nitrogen and oxygen atoms in total. The van der Waals surface area contributed by atoms with E-state index in [1.807, 2.05) is 24.3 Å². The highest BCUT2D eigenvalue weighted by Gasteiger charge is 2.41. The van der Waals surface area contributed by atoms with Crippen molar-refractivity contribution in [1.82, 2.24) is 14.7 Å². The molecule has 1 aromatic carbocycles. The molecule has 3 fully saturated rings. The van der Waals surface area contributed by atoms with E-state index in [1.54, 1.807) is 23.9 Å². The molecule has 0 spiro atoms. The number of amides is 2. The average Bonchev–Trinajstić information content (AvgIpc) is 2.81. The van der Waals surface area contributed by atoms with Crippen LogP contribution in [0.25, 0.3) is 0 Å². The molecule has 0 radical (unpaired) electrons. The van der Waals surface area contributed by atoms with Gasteiger partial charge in [-0.2, -0.15) is 0 Å². The van der Waals surface area contributed by atoms with Gasteiger partial charge in [0.2, 0.25) is 11.8 Å². The fourth-order valence-corrected chi connectivity index (χ4v) is 3.82. The van der Waals surface area contributed by atoms with Crippen LogP contribution in [0.4, 0.5) is 0 Å². The summed E-state index contributed by atoms with van der Waals surface area (Å²) in [6.45, 7) is 2.48. The number of rotatable bonds is 4. The van der Waals surface area contributed by atoms with Crippen molar-refractivity contribution >= 4 is 23.4 Å². The number of benzene rings is 1. The van der Waals surface area contributed by atoms with E-state index in [2.05, 4.69) is 4.90 Å². The number of fused-ring (bicyclic) bond motifs is 4. The molecule has 2 bridgehead atoms. The first kappa shape index (κ1) is 17.2. The van der Waals surface area contributed by atoms with Crippen molar-refractivity contribution in [3.8, 4) is 0 Å². The Bertz CT molecular complexity index is 634. The minimum atomic E-state index is -0.0199. The van der Waals surface area contributed by atoms with Gasteiger partial charge in [0.15, 0.2) is 0 Å². The normalized spacial score (nSPS) is 24.1. The molecular formula is C18H24ClN3O2. The van der Waals surface area contributed by atoms with Crippen LogP contribution in [-0.2, 0) is 16.1 Å². The summed E-state index contributed by atoms with van der Waals surface area (Å²) < 4.78 is 0. The number of piperidine rings is 1. The Morgan fingerprint density at radius 3 is 2.71 bits per heavy atom. The number of carbonyl (C=O) groups is 2. The number of hydrogen-bond donors (Lipinski definition) is 0. The highest BCUT2D eigenvalue weighted by molar-refractivity contribution is 6.31. The molecule has 2 atom stereocenters. The minimum absolute atomic E-state index is 0.0128. The lowest BCUT2D eigenvalue weighted by molar-refractivity contribution is -0.145. The number of carbonyl (C=O) groups excluding carboxylic acids is 2. The van der Waals surface area contributed by atoms with Crippen LogP contribution in [-0.4, -0.2) is 66.3 Å². The molecular weight excluding hydrogens is 326 g/mol. The second-order valence-electron chi connectivity index (χ2n) is 6.97. The van der Waals surface area contributed by atoms with Crippen molar-refractivity contribution in [2.45, 2.75) is 25.4 Å². The van der Waals surface area contributed by atoms with Gasteiger partial charge < -0.3 is 9.80 Å². The molecule has 2 amide bonds. The van der Waals surface area contributed by atoms with E-state index >= 15 is 0 Å². The largest absolute Gasteiger partial charge is 0.347 e. The first-order valence-corrected chi connectivity index (χ1v) is 8.80. The Kier molecular flexibility index (Phi) is 5.11. The second-order valence-corrected chi connectivity index (χ2v) is 7.38. The van der Waals surface area contributed by atoms with E-state index < -0.39 is 0 Å². The van der Waals surface area contributed by atoms with Gasteiger partial charge >= 0.3 is 0 Å². The van der Waals surface area contributed by atoms with Gasteiger partial charge in [-0.15, -0.1) is 0 Å². The monoisotopic (exact) mass is 349 g/mol. The summed E-state index contributed by atoms with van der Waals surface area (Å²) in [6, 6.07) is 7.96. The molecule has 0 unspecified atom stereocenters. The maximum Gasteiger partial charge on any atom is 0.241 e. The van der Waals surface area contributed by atoms with E-state index in [9.17, 15) is 9.59 Å². The van der Waals surface area contributed by atoms with Gasteiger partial charge in [-0.05, 0) is 24.5 Å². The third-order valence-corrected chi connectivity index (χ3v) is 5.39. The number of nitrogens with zero attached hydrogens (tertiary/aromatic N) is 3. The van der Waals surface area contributed by atoms with Crippen LogP contribution < -0.4 is 0 Å². The van der Waals surface area contributed by atoms with E-state index in [-0.39, 0.29) is 30.3 Å². The maximum absolute atomic E-state index is 12.7. The third-order valence-electron chi connectivity index (χ3n) is 5.03. The standard InChI is InChI=1S/C18H24ClN3O2/c1-20(2)17(23)12-22-15-8-7-14(18(22)24)10-21(11-15)9-13-5-3-4-6-16(13)19/h3-6,14-15H,7-12H2,1-2H3/t14-,15+/m0/s1. The van der Waals surface area contributed by atoms with Crippen molar-refractivity contribution in [1.29, 1.82) is 0 Å². The van der Waals surface area contributed by atoms with Crippen LogP contribution in [0.15, 0.2) is 24.3 Å². The van der Waals surface area contributed by atoms with Crippen molar-refractivity contribution in [3.05, 3.63) is 34.9 Å². The lowest BCUT2D eigenvalue weighted by atomic mass is 9.94. The van der Waals surface area contributed by atoms with Gasteiger partial charge in [-0.1, -0.05) is 29.8 Å². The van der Waals surface area contributed by atoms with E-state index in [0.29, 0.717) is 0 Å². The van der Waals surface area contributed by atoms with Crippen molar-refractivity contribution in [2.24, 2.45) is 5.92 Å². The summed E-state index contributed by atoms with van der Waals surface area (Å²) in [7, 11) is 3.46. The van der Waals surface area contributed by atoms with Crippen molar-refractivity contribution in [2.75, 3.05) is 33.7 Å². The highest BCUT2D eigenvalue weighted by atomic mass is 35.5. The molecule has 24 heavy (non-hydrogen) atoms. The smallest absolute Gasteiger partial charge is 0.241 e. The SMILES string of the molecule is CN(C)C(=O)CN1C(=O)[C@H]2CC[C@@H]1CN(Cc1ccccc1Cl)C2. The summed E-state index contributed by atoms with van der Waals surface area (Å²) in [5.41, 5.74) is 1.09. The topological polar surface area (TPSA) is 43.9 Å². The Balaban J connectivity index is 1.74. The summed E-state index contributed by atoms with van der Waals surface area (Å²) >= 11 is 6.28. The Labute approximate surface area is 148 Å². The van der Waals surface area contributed by atoms with Gasteiger partial charge in [0.1, 0.15) is 6.54 Å². The predicted molar refractivity (Wildman–Crippen MR) is 93.6 cm³/mol. The van der Waals surface area contributed by atoms with E-state index in [0.717, 1.165) is 43.1 Å². The first-order chi connectivity index (χ1) is 11.5. The fraction of sp³-hybridized carbons (Fsp3) is 0.556. The number of halogens is 1. The van der Waals surface area contributed by atoms with Crippen molar-refractivity contribution in [3.63, 3.8) is 0 Å². The molecule has 0 aliphatic carbocycles. The zero-order valence-corrected chi connectivity index (χ0v) is 15.0. The van der Waals surface area contributed by atoms with Gasteiger partial charge in [0.25, 0.3) is 0 Å². The quantitative estimate of drug-likeness (QED) is 0.833. The van der Waals surface area contributed by atoms with Gasteiger partial charge in [-0.3, -0.25) is 14.5 Å². The van der Waals surface area contributed by atoms with E-state index in [1.165, 1.54) is 0 Å². The van der Waals surface area contributed by atoms with Crippen LogP contribution in [0.3, 0.4) is 0 Å². The molecule has 4 rings (SSSR count). The highest BCUT2D eigenvalue weighted by Crippen LogP contribution is 2.30. The molecule has 1 aromatic rings. The fourth-order valence-electron chi connectivity index (χ4n) is 3.62. The molecule has 3 aliphatic rings. The van der Waals surface area contributed by atoms with E-state index in [4.69, 9.17) is 11.6 Å². The van der Waals surface area contributed by atoms with Crippen molar-refractivity contribution < 1.29 is 9.59 Å². The summed E-state index contributed by atoms with van der Waals surface area (Å²) in [6.07, 6.45) is 1.88. The van der Waals surface area contributed by atoms with Gasteiger partial charge in [0, 0.05) is 44.8 Å². The Morgan fingerprint density at radius 1 is 1.25 bits per heavy atom. The molecule has 6 heteroatoms. The van der Waals surface area contributed by atoms with Gasteiger partial charge in [-0.25, -0.2) is 0 Å². The van der Waals surface area contributed by atoms with Crippen LogP contribution in [0, 0.1) is 5.92 Å². The number of hydrogen-bond acceptors (Lipinski definition) is 3. The van der Waals surface area contributed by atoms with Crippen LogP contribution in [0.5, 0.6) is 0 Å². The van der Waals surface area contributed by atoms with Crippen LogP contribution in [0.1, 0.15) is 18.4 Å². The molecule has 3 aliphatic heterocycles. The zero-order valence-electron chi connectivity index (χ0n) is 14.2. The Morgan fingerprint density at radius 2 is 2.00 bits per heavy atom. The van der Waals surface area contributed by atoms with Crippen LogP contribution in [0.2, 0.25) is 5.02 Å². The summed E-state index contributed by atoms with van der Waals surface area (Å²) in [4.78, 5) is 30.4. The summed E-state index contributed by atoms with van der Waals surface area (Å²) in [5, 5.41) is 0.764. The molecule has 130 valence electrons. The first-order valence-electron chi connectivity index (χ1n) is 8.42. The minimum Gasteiger partial charge on any atom is -0.347 e. The molecule has 3 saturated heterocycles. The third kappa shape index (κ3) is 3.57. The molecule has 0 saturated carbocycles. The lowest BCUT2D eigenvalue weighted by Gasteiger charge is -2.36. The number of likely N-dealkylation sites (N-methyl/N-ethyl adjacent to an activating group) is 1. The predicted octanol–water partition coefficient (Wildman–Crippen LogP) is 1.85. The molecule has 0 aromatic heterocycles. The second kappa shape index (κ2) is 7.11. The van der Waals surface area contributed by atoms with Gasteiger partial charge in [0.05, 0.1) is 5.92 Å². The summed E-state index contributed by atoms with van der Waals surface area (Å²) in [5.74, 6) is 0.0952. The molecule has 0 N–H and O–H groups in total. The zero-order chi connectivity index (χ0) is 17.3. The average molecular weight is 350 g/mol. The Hall–Kier alpha value is -1.59. The lowest BCUT2D eigenvalue weighted by Crippen LogP contribution is -2.51. The molecule has 3 heterocycles. The van der Waals surface area contributed by atoms with Crippen LogP contribution >= 0.6 is 11.6 Å². The maximum atomic E-state index is 12.7.